The van der Waals surface area contributed by atoms with E-state index in [4.69, 9.17) is 4.74 Å². The molecule has 0 heterocycles. The molecule has 1 atom stereocenters. The number of nitrogens with one attached hydrogen (secondary N) is 1. The second-order valence-electron chi connectivity index (χ2n) is 5.15. The fraction of sp³-hybridized carbons (Fsp3) is 0.625. The molecule has 1 N–H and O–H groups in total. The maximum atomic E-state index is 12.2. The number of aryl methyl sites for hydroxylation is 1. The second kappa shape index (κ2) is 8.93. The van der Waals surface area contributed by atoms with Gasteiger partial charge in [0.15, 0.2) is 0 Å². The maximum Gasteiger partial charge on any atom is 0.389 e. The van der Waals surface area contributed by atoms with Gasteiger partial charge in [0.25, 0.3) is 0 Å². The highest BCUT2D eigenvalue weighted by Gasteiger charge is 2.26. The monoisotopic (exact) mass is 303 g/mol. The molecule has 0 aliphatic carbocycles. The van der Waals surface area contributed by atoms with Crippen LogP contribution < -0.4 is 10.1 Å². The zero-order chi connectivity index (χ0) is 15.7. The largest absolute Gasteiger partial charge is 0.497 e. The average molecular weight is 303 g/mol. The summed E-state index contributed by atoms with van der Waals surface area (Å²) >= 11 is 0. The van der Waals surface area contributed by atoms with Gasteiger partial charge in [0.2, 0.25) is 0 Å². The Hall–Kier alpha value is -1.23. The van der Waals surface area contributed by atoms with Gasteiger partial charge in [0.05, 0.1) is 7.11 Å². The molecule has 0 saturated heterocycles. The summed E-state index contributed by atoms with van der Waals surface area (Å²) in [5, 5.41) is 3.27. The van der Waals surface area contributed by atoms with Gasteiger partial charge in [-0.05, 0) is 49.9 Å². The molecular weight excluding hydrogens is 279 g/mol. The van der Waals surface area contributed by atoms with E-state index in [0.29, 0.717) is 6.42 Å². The first kappa shape index (κ1) is 17.8. The third-order valence-corrected chi connectivity index (χ3v) is 3.45. The molecule has 5 heteroatoms. The summed E-state index contributed by atoms with van der Waals surface area (Å²) in [6.45, 7) is 2.75. The van der Waals surface area contributed by atoms with Crippen molar-refractivity contribution in [2.45, 2.75) is 51.2 Å². The van der Waals surface area contributed by atoms with Crippen molar-refractivity contribution in [1.82, 2.24) is 5.32 Å². The number of halogens is 3. The zero-order valence-corrected chi connectivity index (χ0v) is 12.7. The SMILES string of the molecule is CCNC(CCCC(F)(F)F)CCc1ccc(OC)cc1. The Kier molecular flexibility index (Phi) is 7.57. The Morgan fingerprint density at radius 1 is 1.14 bits per heavy atom. The fourth-order valence-corrected chi connectivity index (χ4v) is 2.32. The van der Waals surface area contributed by atoms with Crippen LogP contribution in [0.4, 0.5) is 13.2 Å². The highest BCUT2D eigenvalue weighted by Crippen LogP contribution is 2.23. The molecule has 1 rings (SSSR count). The van der Waals surface area contributed by atoms with Crippen molar-refractivity contribution in [2.24, 2.45) is 0 Å². The van der Waals surface area contributed by atoms with Gasteiger partial charge in [-0.25, -0.2) is 0 Å². The summed E-state index contributed by atoms with van der Waals surface area (Å²) < 4.78 is 41.6. The van der Waals surface area contributed by atoms with E-state index in [1.165, 1.54) is 5.56 Å². The molecule has 0 aliphatic heterocycles. The Balaban J connectivity index is 2.38. The normalized spacial score (nSPS) is 13.2. The number of hydrogen-bond donors (Lipinski definition) is 1. The van der Waals surface area contributed by atoms with Gasteiger partial charge in [-0.2, -0.15) is 13.2 Å². The van der Waals surface area contributed by atoms with E-state index >= 15 is 0 Å². The van der Waals surface area contributed by atoms with Gasteiger partial charge < -0.3 is 10.1 Å². The van der Waals surface area contributed by atoms with Crippen LogP contribution in [0.3, 0.4) is 0 Å². The minimum absolute atomic E-state index is 0.138. The van der Waals surface area contributed by atoms with Gasteiger partial charge in [-0.15, -0.1) is 0 Å². The lowest BCUT2D eigenvalue weighted by Crippen LogP contribution is -2.29. The van der Waals surface area contributed by atoms with Crippen molar-refractivity contribution in [3.8, 4) is 5.75 Å². The van der Waals surface area contributed by atoms with Crippen LogP contribution in [0.15, 0.2) is 24.3 Å². The number of hydrogen-bond acceptors (Lipinski definition) is 2. The number of rotatable bonds is 9. The molecule has 1 aromatic carbocycles. The van der Waals surface area contributed by atoms with E-state index in [1.54, 1.807) is 7.11 Å². The van der Waals surface area contributed by atoms with Crippen LogP contribution in [0.25, 0.3) is 0 Å². The molecule has 21 heavy (non-hydrogen) atoms. The Labute approximate surface area is 124 Å². The summed E-state index contributed by atoms with van der Waals surface area (Å²) in [5.41, 5.74) is 1.18. The van der Waals surface area contributed by atoms with Crippen molar-refractivity contribution in [3.05, 3.63) is 29.8 Å². The minimum atomic E-state index is -4.05. The van der Waals surface area contributed by atoms with Crippen LogP contribution in [-0.2, 0) is 6.42 Å². The minimum Gasteiger partial charge on any atom is -0.497 e. The molecule has 0 aliphatic rings. The quantitative estimate of drug-likeness (QED) is 0.733. The zero-order valence-electron chi connectivity index (χ0n) is 12.7. The smallest absolute Gasteiger partial charge is 0.389 e. The van der Waals surface area contributed by atoms with Gasteiger partial charge in [0, 0.05) is 12.5 Å². The summed E-state index contributed by atoms with van der Waals surface area (Å²) in [6.07, 6.45) is -2.30. The summed E-state index contributed by atoms with van der Waals surface area (Å²) in [6, 6.07) is 7.94. The Bertz CT molecular complexity index is 390. The van der Waals surface area contributed by atoms with Crippen LogP contribution in [0.5, 0.6) is 5.75 Å². The number of methoxy groups -OCH3 is 1. The number of alkyl halides is 3. The molecule has 0 fully saturated rings. The standard InChI is InChI=1S/C16H24F3NO/c1-3-20-14(5-4-12-16(17,18)19)9-6-13-7-10-15(21-2)11-8-13/h7-8,10-11,14,20H,3-6,9,12H2,1-2H3. The first-order chi connectivity index (χ1) is 9.94. The fourth-order valence-electron chi connectivity index (χ4n) is 2.32. The molecule has 0 bridgehead atoms. The topological polar surface area (TPSA) is 21.3 Å². The Morgan fingerprint density at radius 2 is 1.81 bits per heavy atom. The molecule has 120 valence electrons. The van der Waals surface area contributed by atoms with Crippen LogP contribution in [-0.4, -0.2) is 25.9 Å². The third kappa shape index (κ3) is 7.95. The summed E-state index contributed by atoms with van der Waals surface area (Å²) in [4.78, 5) is 0. The lowest BCUT2D eigenvalue weighted by Gasteiger charge is -2.18. The van der Waals surface area contributed by atoms with Crippen LogP contribution >= 0.6 is 0 Å². The van der Waals surface area contributed by atoms with Crippen molar-refractivity contribution in [2.75, 3.05) is 13.7 Å². The molecule has 2 nitrogen and oxygen atoms in total. The van der Waals surface area contributed by atoms with Crippen LogP contribution in [0.1, 0.15) is 38.2 Å². The van der Waals surface area contributed by atoms with Gasteiger partial charge in [0.1, 0.15) is 5.75 Å². The van der Waals surface area contributed by atoms with Crippen molar-refractivity contribution >= 4 is 0 Å². The van der Waals surface area contributed by atoms with Gasteiger partial charge in [-0.3, -0.25) is 0 Å². The first-order valence-electron chi connectivity index (χ1n) is 7.37. The summed E-state index contributed by atoms with van der Waals surface area (Å²) in [5.74, 6) is 0.812. The lowest BCUT2D eigenvalue weighted by molar-refractivity contribution is -0.135. The van der Waals surface area contributed by atoms with Crippen LogP contribution in [0.2, 0.25) is 0 Å². The molecule has 1 aromatic rings. The molecular formula is C16H24F3NO. The van der Waals surface area contributed by atoms with E-state index in [0.717, 1.165) is 25.1 Å². The molecule has 0 amide bonds. The lowest BCUT2D eigenvalue weighted by atomic mass is 10.0. The number of ether oxygens (including phenoxy) is 1. The van der Waals surface area contributed by atoms with Crippen molar-refractivity contribution < 1.29 is 17.9 Å². The van der Waals surface area contributed by atoms with Crippen molar-refractivity contribution in [3.63, 3.8) is 0 Å². The summed E-state index contributed by atoms with van der Waals surface area (Å²) in [7, 11) is 1.62. The van der Waals surface area contributed by atoms with Gasteiger partial charge in [-0.1, -0.05) is 19.1 Å². The van der Waals surface area contributed by atoms with Crippen LogP contribution in [0, 0.1) is 0 Å². The Morgan fingerprint density at radius 3 is 2.33 bits per heavy atom. The predicted octanol–water partition coefficient (Wildman–Crippen LogP) is 4.34. The highest BCUT2D eigenvalue weighted by atomic mass is 19.4. The maximum absolute atomic E-state index is 12.2. The van der Waals surface area contributed by atoms with E-state index in [1.807, 2.05) is 31.2 Å². The molecule has 0 spiro atoms. The third-order valence-electron chi connectivity index (χ3n) is 3.45. The molecule has 0 saturated carbocycles. The van der Waals surface area contributed by atoms with E-state index in [2.05, 4.69) is 5.32 Å². The van der Waals surface area contributed by atoms with Gasteiger partial charge >= 0.3 is 6.18 Å². The van der Waals surface area contributed by atoms with E-state index in [-0.39, 0.29) is 12.5 Å². The number of benzene rings is 1. The van der Waals surface area contributed by atoms with E-state index in [9.17, 15) is 13.2 Å². The first-order valence-corrected chi connectivity index (χ1v) is 7.37. The molecule has 0 radical (unpaired) electrons. The molecule has 0 aromatic heterocycles. The van der Waals surface area contributed by atoms with E-state index < -0.39 is 12.6 Å². The molecule has 1 unspecified atom stereocenters. The van der Waals surface area contributed by atoms with Crippen molar-refractivity contribution in [1.29, 1.82) is 0 Å². The second-order valence-corrected chi connectivity index (χ2v) is 5.15. The average Bonchev–Trinajstić information content (AvgIpc) is 2.44. The highest BCUT2D eigenvalue weighted by molar-refractivity contribution is 5.27. The predicted molar refractivity (Wildman–Crippen MR) is 78.7 cm³/mol.